The fourth-order valence-corrected chi connectivity index (χ4v) is 3.67. The number of hydrogen-bond donors (Lipinski definition) is 0. The minimum absolute atomic E-state index is 0.0354. The van der Waals surface area contributed by atoms with Crippen molar-refractivity contribution in [2.45, 2.75) is 25.7 Å². The lowest BCUT2D eigenvalue weighted by Crippen LogP contribution is -2.30. The number of methoxy groups -OCH3 is 1. The molecule has 0 spiro atoms. The van der Waals surface area contributed by atoms with Gasteiger partial charge in [0.2, 0.25) is 10.0 Å². The van der Waals surface area contributed by atoms with Gasteiger partial charge >= 0.3 is 0 Å². The van der Waals surface area contributed by atoms with Crippen LogP contribution in [0.5, 0.6) is 5.75 Å². The van der Waals surface area contributed by atoms with Crippen LogP contribution in [0.3, 0.4) is 0 Å². The average Bonchev–Trinajstić information content (AvgIpc) is 2.33. The molecule has 0 N–H and O–H groups in total. The molecule has 0 aliphatic rings. The first kappa shape index (κ1) is 15.9. The third kappa shape index (κ3) is 2.91. The van der Waals surface area contributed by atoms with E-state index in [2.05, 4.69) is 0 Å². The smallest absolute Gasteiger partial charge is 0.243 e. The average molecular weight is 286 g/mol. The summed E-state index contributed by atoms with van der Waals surface area (Å²) >= 11 is 0. The fraction of sp³-hybridized carbons (Fsp3) is 0.538. The number of sulfonamides is 1. The molecule has 0 bridgehead atoms. The molecule has 0 fully saturated rings. The summed E-state index contributed by atoms with van der Waals surface area (Å²) in [6.07, 6.45) is 0. The van der Waals surface area contributed by atoms with Crippen LogP contribution in [-0.2, 0) is 15.1 Å². The maximum atomic E-state index is 12.5. The summed E-state index contributed by atoms with van der Waals surface area (Å²) in [6, 6.07) is 1.71. The van der Waals surface area contributed by atoms with Gasteiger partial charge in [0.05, 0.1) is 18.6 Å². The van der Waals surface area contributed by atoms with Crippen molar-refractivity contribution in [3.8, 4) is 5.75 Å². The molecule has 6 heteroatoms. The van der Waals surface area contributed by atoms with Gasteiger partial charge in [-0.3, -0.25) is 0 Å². The van der Waals surface area contributed by atoms with Gasteiger partial charge in [-0.2, -0.15) is 4.31 Å². The minimum atomic E-state index is -3.63. The summed E-state index contributed by atoms with van der Waals surface area (Å²) in [5.74, 6) is 0.667. The Labute approximate surface area is 114 Å². The van der Waals surface area contributed by atoms with E-state index in [0.29, 0.717) is 16.9 Å². The lowest BCUT2D eigenvalue weighted by Gasteiger charge is -2.21. The van der Waals surface area contributed by atoms with Crippen LogP contribution in [0, 0.1) is 20.8 Å². The second kappa shape index (κ2) is 5.90. The van der Waals surface area contributed by atoms with Gasteiger partial charge in [0, 0.05) is 13.6 Å². The molecule has 0 amide bonds. The minimum Gasteiger partial charge on any atom is -0.496 e. The van der Waals surface area contributed by atoms with Crippen LogP contribution in [0.2, 0.25) is 0 Å². The topological polar surface area (TPSA) is 66.5 Å². The van der Waals surface area contributed by atoms with E-state index in [4.69, 9.17) is 4.74 Å². The van der Waals surface area contributed by atoms with Crippen molar-refractivity contribution in [2.75, 3.05) is 27.3 Å². The summed E-state index contributed by atoms with van der Waals surface area (Å²) in [5.41, 5.74) is 2.08. The molecule has 0 unspecified atom stereocenters. The van der Waals surface area contributed by atoms with E-state index in [0.717, 1.165) is 9.87 Å². The van der Waals surface area contributed by atoms with Gasteiger partial charge < -0.3 is 4.74 Å². The van der Waals surface area contributed by atoms with Gasteiger partial charge in [-0.15, -0.1) is 0 Å². The van der Waals surface area contributed by atoms with Crippen LogP contribution in [0.25, 0.3) is 0 Å². The zero-order valence-electron chi connectivity index (χ0n) is 12.0. The van der Waals surface area contributed by atoms with Crippen molar-refractivity contribution in [1.82, 2.24) is 4.31 Å². The Kier molecular flexibility index (Phi) is 4.95. The highest BCUT2D eigenvalue weighted by Crippen LogP contribution is 2.31. The zero-order valence-corrected chi connectivity index (χ0v) is 12.8. The van der Waals surface area contributed by atoms with Crippen LogP contribution < -0.4 is 4.74 Å². The molecule has 0 heterocycles. The van der Waals surface area contributed by atoms with Gasteiger partial charge in [0.25, 0.3) is 0 Å². The monoisotopic (exact) mass is 286 g/mol. The van der Waals surface area contributed by atoms with E-state index in [-0.39, 0.29) is 11.4 Å². The molecule has 0 aromatic heterocycles. The van der Waals surface area contributed by atoms with Crippen LogP contribution in [0.1, 0.15) is 16.7 Å². The van der Waals surface area contributed by atoms with E-state index in [9.17, 15) is 13.5 Å². The number of nitrogens with zero attached hydrogens (tertiary/aromatic N) is 1. The summed E-state index contributed by atoms with van der Waals surface area (Å²) in [4.78, 5) is 0.266. The Bertz CT molecular complexity index is 566. The lowest BCUT2D eigenvalue weighted by atomic mass is 10.1. The maximum Gasteiger partial charge on any atom is 0.243 e. The SMILES string of the molecule is COc1cc(C)c(S(=O)(=O)N(C)CC[O])c(C)c1C. The van der Waals surface area contributed by atoms with Crippen molar-refractivity contribution in [3.63, 3.8) is 0 Å². The van der Waals surface area contributed by atoms with Gasteiger partial charge in [-0.25, -0.2) is 13.5 Å². The Hall–Kier alpha value is -1.11. The van der Waals surface area contributed by atoms with Gasteiger partial charge in [-0.05, 0) is 43.5 Å². The fourth-order valence-electron chi connectivity index (χ4n) is 2.03. The number of aryl methyl sites for hydroxylation is 1. The van der Waals surface area contributed by atoms with Gasteiger partial charge in [0.15, 0.2) is 0 Å². The molecule has 1 radical (unpaired) electrons. The second-order valence-corrected chi connectivity index (χ2v) is 6.49. The largest absolute Gasteiger partial charge is 0.496 e. The summed E-state index contributed by atoms with van der Waals surface area (Å²) in [5, 5.41) is 10.6. The molecule has 19 heavy (non-hydrogen) atoms. The molecular weight excluding hydrogens is 266 g/mol. The zero-order chi connectivity index (χ0) is 14.8. The predicted octanol–water partition coefficient (Wildman–Crippen LogP) is 1.67. The van der Waals surface area contributed by atoms with Crippen molar-refractivity contribution >= 4 is 10.0 Å². The van der Waals surface area contributed by atoms with Gasteiger partial charge in [0.1, 0.15) is 5.75 Å². The van der Waals surface area contributed by atoms with Crippen molar-refractivity contribution in [1.29, 1.82) is 0 Å². The van der Waals surface area contributed by atoms with Gasteiger partial charge in [-0.1, -0.05) is 0 Å². The second-order valence-electron chi connectivity index (χ2n) is 4.51. The van der Waals surface area contributed by atoms with E-state index >= 15 is 0 Å². The number of benzene rings is 1. The quantitative estimate of drug-likeness (QED) is 0.827. The molecule has 1 aromatic carbocycles. The van der Waals surface area contributed by atoms with Crippen molar-refractivity contribution < 1.29 is 18.3 Å². The molecule has 107 valence electrons. The third-order valence-electron chi connectivity index (χ3n) is 3.27. The number of hydrogen-bond acceptors (Lipinski definition) is 3. The normalized spacial score (nSPS) is 11.9. The first-order valence-corrected chi connectivity index (χ1v) is 7.40. The Balaban J connectivity index is 3.48. The number of rotatable bonds is 5. The molecule has 1 rings (SSSR count). The molecule has 0 saturated carbocycles. The van der Waals surface area contributed by atoms with E-state index in [1.54, 1.807) is 27.0 Å². The van der Waals surface area contributed by atoms with E-state index < -0.39 is 16.6 Å². The van der Waals surface area contributed by atoms with Crippen LogP contribution in [0.4, 0.5) is 0 Å². The molecule has 5 nitrogen and oxygen atoms in total. The first-order valence-electron chi connectivity index (χ1n) is 5.96. The Morgan fingerprint density at radius 3 is 2.26 bits per heavy atom. The van der Waals surface area contributed by atoms with Crippen molar-refractivity contribution in [2.24, 2.45) is 0 Å². The Morgan fingerprint density at radius 1 is 1.21 bits per heavy atom. The highest BCUT2D eigenvalue weighted by molar-refractivity contribution is 7.89. The first-order chi connectivity index (χ1) is 8.77. The lowest BCUT2D eigenvalue weighted by molar-refractivity contribution is 0.178. The molecule has 0 saturated heterocycles. The predicted molar refractivity (Wildman–Crippen MR) is 72.6 cm³/mol. The van der Waals surface area contributed by atoms with Crippen LogP contribution in [0.15, 0.2) is 11.0 Å². The molecular formula is C13H20NO4S. The molecule has 0 aliphatic heterocycles. The summed E-state index contributed by atoms with van der Waals surface area (Å²) in [7, 11) is -0.655. The van der Waals surface area contributed by atoms with Crippen LogP contribution in [-0.4, -0.2) is 40.0 Å². The molecule has 0 aliphatic carbocycles. The molecule has 1 aromatic rings. The molecule has 0 atom stereocenters. The summed E-state index contributed by atoms with van der Waals surface area (Å²) < 4.78 is 31.2. The van der Waals surface area contributed by atoms with Crippen LogP contribution >= 0.6 is 0 Å². The highest BCUT2D eigenvalue weighted by Gasteiger charge is 2.26. The number of likely N-dealkylation sites (N-methyl/N-ethyl adjacent to an activating group) is 1. The number of ether oxygens (including phenoxy) is 1. The van der Waals surface area contributed by atoms with Crippen molar-refractivity contribution in [3.05, 3.63) is 22.8 Å². The highest BCUT2D eigenvalue weighted by atomic mass is 32.2. The standard InChI is InChI=1S/C13H20NO4S/c1-9-8-12(18-5)10(2)11(3)13(9)19(16,17)14(4)6-7-15/h8H,6-7H2,1-5H3. The summed E-state index contributed by atoms with van der Waals surface area (Å²) in [6.45, 7) is 4.81. The maximum absolute atomic E-state index is 12.5. The Morgan fingerprint density at radius 2 is 1.79 bits per heavy atom. The van der Waals surface area contributed by atoms with E-state index in [1.165, 1.54) is 7.05 Å². The van der Waals surface area contributed by atoms with E-state index in [1.807, 2.05) is 6.92 Å². The third-order valence-corrected chi connectivity index (χ3v) is 5.42.